The van der Waals surface area contributed by atoms with Gasteiger partial charge in [-0.2, -0.15) is 0 Å². The zero-order chi connectivity index (χ0) is 4.41. The maximum absolute atomic E-state index is 2.25. The van der Waals surface area contributed by atoms with Gasteiger partial charge in [-0.05, 0) is 0 Å². The standard InChI is InChI=1S/C5H5.Ba/c1-2-4-5-3-1;/h1-5H;. The second kappa shape index (κ2) is 2.38. The fourth-order valence-electron chi connectivity index (χ4n) is 0.478. The summed E-state index contributed by atoms with van der Waals surface area (Å²) >= 11 is 0.924. The van der Waals surface area contributed by atoms with Crippen LogP contribution in [0.25, 0.3) is 0 Å². The Morgan fingerprint density at radius 2 is 1.67 bits per heavy atom. The van der Waals surface area contributed by atoms with E-state index in [1.807, 2.05) is 0 Å². The van der Waals surface area contributed by atoms with Crippen LogP contribution in [0.5, 0.6) is 0 Å². The molecule has 0 bridgehead atoms. The van der Waals surface area contributed by atoms with E-state index in [0.29, 0.717) is 0 Å². The quantitative estimate of drug-likeness (QED) is 0.516. The SMILES string of the molecule is [Ba][CH]1C=CC=C1. The van der Waals surface area contributed by atoms with Crippen LogP contribution >= 0.6 is 0 Å². The predicted octanol–water partition coefficient (Wildman–Crippen LogP) is 1.07. The van der Waals surface area contributed by atoms with E-state index < -0.39 is 0 Å². The van der Waals surface area contributed by atoms with E-state index >= 15 is 0 Å². The molecule has 0 heterocycles. The third kappa shape index (κ3) is 1.28. The van der Waals surface area contributed by atoms with Crippen LogP contribution in [-0.2, 0) is 0 Å². The van der Waals surface area contributed by atoms with Crippen molar-refractivity contribution < 1.29 is 0 Å². The van der Waals surface area contributed by atoms with Crippen LogP contribution in [0.15, 0.2) is 24.3 Å². The molecule has 0 N–H and O–H groups in total. The monoisotopic (exact) mass is 203 g/mol. The fraction of sp³-hybridized carbons (Fsp3) is 0.200. The molecule has 1 radical (unpaired) electrons. The van der Waals surface area contributed by atoms with Crippen molar-refractivity contribution in [2.24, 2.45) is 0 Å². The average Bonchev–Trinajstić information content (AvgIpc) is 1.86. The molecule has 0 aromatic carbocycles. The van der Waals surface area contributed by atoms with Crippen molar-refractivity contribution in [1.82, 2.24) is 0 Å². The van der Waals surface area contributed by atoms with Crippen molar-refractivity contribution >= 4 is 46.5 Å². The summed E-state index contributed by atoms with van der Waals surface area (Å²) in [4.78, 5) is 0. The molecular weight excluding hydrogens is 197 g/mol. The van der Waals surface area contributed by atoms with E-state index in [-0.39, 0.29) is 0 Å². The number of hydrogen-bond donors (Lipinski definition) is 0. The molecule has 1 aliphatic rings. The van der Waals surface area contributed by atoms with Gasteiger partial charge in [0.2, 0.25) is 0 Å². The van der Waals surface area contributed by atoms with E-state index in [0.717, 1.165) is 46.9 Å². The molecule has 0 nitrogen and oxygen atoms in total. The van der Waals surface area contributed by atoms with Gasteiger partial charge in [0.15, 0.2) is 0 Å². The molecule has 0 aliphatic heterocycles. The Bertz CT molecular complexity index is 80.1. The van der Waals surface area contributed by atoms with Crippen LogP contribution < -0.4 is 0 Å². The van der Waals surface area contributed by atoms with Gasteiger partial charge in [-0.1, -0.05) is 0 Å². The summed E-state index contributed by atoms with van der Waals surface area (Å²) in [6.45, 7) is 0. The Morgan fingerprint density at radius 3 is 1.83 bits per heavy atom. The maximum atomic E-state index is 2.25. The van der Waals surface area contributed by atoms with Gasteiger partial charge < -0.3 is 0 Å². The summed E-state index contributed by atoms with van der Waals surface area (Å²) in [5.41, 5.74) is 0. The van der Waals surface area contributed by atoms with Crippen LogP contribution in [0.3, 0.4) is 0 Å². The molecule has 0 amide bonds. The van der Waals surface area contributed by atoms with E-state index in [1.165, 1.54) is 0 Å². The summed E-state index contributed by atoms with van der Waals surface area (Å²) in [5, 5.41) is 0. The second-order valence-corrected chi connectivity index (χ2v) is 4.39. The first kappa shape index (κ1) is 5.19. The number of hydrogen-bond acceptors (Lipinski definition) is 0. The third-order valence-electron chi connectivity index (χ3n) is 0.828. The van der Waals surface area contributed by atoms with Gasteiger partial charge in [0, 0.05) is 0 Å². The molecule has 0 spiro atoms. The molecular formula is C5H5Ba. The van der Waals surface area contributed by atoms with Crippen LogP contribution in [0, 0.1) is 0 Å². The summed E-state index contributed by atoms with van der Waals surface area (Å²) < 4.78 is 0.880. The molecule has 0 atom stereocenters. The summed E-state index contributed by atoms with van der Waals surface area (Å²) in [6.07, 6.45) is 8.75. The predicted molar refractivity (Wildman–Crippen MR) is 27.8 cm³/mol. The molecule has 0 aromatic heterocycles. The van der Waals surface area contributed by atoms with Crippen LogP contribution in [0.2, 0.25) is 0.386 Å². The third-order valence-corrected chi connectivity index (χ3v) is 2.54. The van der Waals surface area contributed by atoms with E-state index in [1.54, 1.807) is 0 Å². The molecule has 6 heavy (non-hydrogen) atoms. The van der Waals surface area contributed by atoms with Crippen LogP contribution in [-0.4, -0.2) is 46.5 Å². The van der Waals surface area contributed by atoms with Gasteiger partial charge in [0.1, 0.15) is 0 Å². The fourth-order valence-corrected chi connectivity index (χ4v) is 1.46. The van der Waals surface area contributed by atoms with Crippen molar-refractivity contribution in [2.45, 2.75) is 0.386 Å². The minimum atomic E-state index is 0.880. The molecule has 1 aliphatic carbocycles. The topological polar surface area (TPSA) is 0 Å². The zero-order valence-corrected chi connectivity index (χ0v) is 8.03. The molecule has 1 heteroatoms. The summed E-state index contributed by atoms with van der Waals surface area (Å²) in [5.74, 6) is 0. The molecule has 27 valence electrons. The van der Waals surface area contributed by atoms with E-state index in [2.05, 4.69) is 24.3 Å². The van der Waals surface area contributed by atoms with Crippen LogP contribution in [0.1, 0.15) is 0 Å². The Morgan fingerprint density at radius 1 is 1.17 bits per heavy atom. The Kier molecular flexibility index (Phi) is 2.06. The van der Waals surface area contributed by atoms with E-state index in [9.17, 15) is 0 Å². The molecule has 0 saturated carbocycles. The van der Waals surface area contributed by atoms with Crippen molar-refractivity contribution in [3.8, 4) is 0 Å². The van der Waals surface area contributed by atoms with Gasteiger partial charge in [-0.15, -0.1) is 0 Å². The molecule has 0 fully saturated rings. The summed E-state index contributed by atoms with van der Waals surface area (Å²) in [7, 11) is 0. The normalized spacial score (nSPS) is 19.8. The van der Waals surface area contributed by atoms with Gasteiger partial charge >= 0.3 is 71.2 Å². The van der Waals surface area contributed by atoms with Gasteiger partial charge in [0.25, 0.3) is 0 Å². The van der Waals surface area contributed by atoms with E-state index in [4.69, 9.17) is 0 Å². The van der Waals surface area contributed by atoms with Crippen molar-refractivity contribution in [3.63, 3.8) is 0 Å². The molecule has 0 saturated heterocycles. The minimum absolute atomic E-state index is 0.880. The Balaban J connectivity index is 2.60. The second-order valence-electron chi connectivity index (χ2n) is 1.43. The van der Waals surface area contributed by atoms with Gasteiger partial charge in [0.05, 0.1) is 0 Å². The number of rotatable bonds is 0. The first-order valence-corrected chi connectivity index (χ1v) is 4.64. The Labute approximate surface area is 70.0 Å². The number of allylic oxidation sites excluding steroid dienone is 4. The first-order chi connectivity index (χ1) is 2.89. The molecule has 0 aromatic rings. The Hall–Kier alpha value is 1.05. The van der Waals surface area contributed by atoms with Crippen molar-refractivity contribution in [1.29, 1.82) is 0 Å². The van der Waals surface area contributed by atoms with Crippen molar-refractivity contribution in [3.05, 3.63) is 24.3 Å². The molecule has 0 unspecified atom stereocenters. The van der Waals surface area contributed by atoms with Gasteiger partial charge in [-0.3, -0.25) is 0 Å². The van der Waals surface area contributed by atoms with Crippen LogP contribution in [0.4, 0.5) is 0 Å². The van der Waals surface area contributed by atoms with Crippen molar-refractivity contribution in [2.75, 3.05) is 0 Å². The average molecular weight is 202 g/mol. The first-order valence-electron chi connectivity index (χ1n) is 2.07. The van der Waals surface area contributed by atoms with Gasteiger partial charge in [-0.25, -0.2) is 0 Å². The summed E-state index contributed by atoms with van der Waals surface area (Å²) in [6, 6.07) is 0. The molecule has 1 rings (SSSR count). The zero-order valence-electron chi connectivity index (χ0n) is 3.59.